The fourth-order valence-corrected chi connectivity index (χ4v) is 5.72. The summed E-state index contributed by atoms with van der Waals surface area (Å²) in [6, 6.07) is 20.1. The van der Waals surface area contributed by atoms with Gasteiger partial charge in [-0.1, -0.05) is 59.9 Å². The van der Waals surface area contributed by atoms with E-state index in [9.17, 15) is 9.59 Å². The van der Waals surface area contributed by atoms with Gasteiger partial charge in [0.05, 0.1) is 22.7 Å². The molecule has 0 aliphatic carbocycles. The number of benzene rings is 3. The summed E-state index contributed by atoms with van der Waals surface area (Å²) in [4.78, 5) is 35.5. The molecule has 3 aromatic carbocycles. The number of carbonyl (C=O) groups is 2. The number of rotatable bonds is 5. The van der Waals surface area contributed by atoms with Gasteiger partial charge in [-0.25, -0.2) is 4.98 Å². The molecule has 1 fully saturated rings. The number of nitrogens with zero attached hydrogens (tertiary/aromatic N) is 3. The van der Waals surface area contributed by atoms with Crippen molar-refractivity contribution in [2.45, 2.75) is 40.7 Å². The standard InChI is InChI=1S/C29H29N3O2S/c1-18-9-8-12-24(20(18)3)31-17-23(15-26(31)33)28(34)32(16-22-10-6-5-7-11-22)29-30-27-21(4)19(2)13-14-25(27)35-29/h5-14,23H,15-17H2,1-4H3/t23-/m1/s1. The minimum Gasteiger partial charge on any atom is -0.311 e. The molecular formula is C29H29N3O2S. The molecule has 0 spiro atoms. The maximum atomic E-state index is 14.0. The van der Waals surface area contributed by atoms with E-state index < -0.39 is 5.92 Å². The molecule has 1 aromatic heterocycles. The lowest BCUT2D eigenvalue weighted by atomic mass is 10.1. The van der Waals surface area contributed by atoms with Crippen LogP contribution in [-0.4, -0.2) is 23.3 Å². The highest BCUT2D eigenvalue weighted by Crippen LogP contribution is 2.35. The van der Waals surface area contributed by atoms with Crippen LogP contribution in [0, 0.1) is 33.6 Å². The summed E-state index contributed by atoms with van der Waals surface area (Å²) in [5.74, 6) is -0.475. The van der Waals surface area contributed by atoms with Gasteiger partial charge in [0.25, 0.3) is 0 Å². The predicted molar refractivity (Wildman–Crippen MR) is 143 cm³/mol. The van der Waals surface area contributed by atoms with E-state index in [0.717, 1.165) is 38.2 Å². The zero-order valence-electron chi connectivity index (χ0n) is 20.5. The van der Waals surface area contributed by atoms with Gasteiger partial charge in [0.2, 0.25) is 11.8 Å². The van der Waals surface area contributed by atoms with E-state index in [1.165, 1.54) is 16.9 Å². The zero-order chi connectivity index (χ0) is 24.7. The molecule has 1 saturated heterocycles. The van der Waals surface area contributed by atoms with Gasteiger partial charge in [0, 0.05) is 18.7 Å². The summed E-state index contributed by atoms with van der Waals surface area (Å²) in [6.45, 7) is 9.03. The van der Waals surface area contributed by atoms with Crippen molar-refractivity contribution >= 4 is 44.2 Å². The molecule has 1 aliphatic heterocycles. The number of aryl methyl sites for hydroxylation is 3. The molecule has 0 unspecified atom stereocenters. The summed E-state index contributed by atoms with van der Waals surface area (Å²) in [6.07, 6.45) is 0.209. The van der Waals surface area contributed by atoms with Crippen LogP contribution in [0.1, 0.15) is 34.2 Å². The van der Waals surface area contributed by atoms with Gasteiger partial charge in [-0.05, 0) is 67.6 Å². The molecule has 1 aliphatic rings. The second-order valence-electron chi connectivity index (χ2n) is 9.39. The molecule has 4 aromatic rings. The molecule has 0 N–H and O–H groups in total. The van der Waals surface area contributed by atoms with E-state index >= 15 is 0 Å². The molecule has 5 nitrogen and oxygen atoms in total. The minimum atomic E-state index is -0.416. The quantitative estimate of drug-likeness (QED) is 0.344. The first-order valence-corrected chi connectivity index (χ1v) is 12.7. The van der Waals surface area contributed by atoms with Crippen LogP contribution in [0.25, 0.3) is 10.2 Å². The first kappa shape index (κ1) is 23.2. The van der Waals surface area contributed by atoms with Crippen molar-refractivity contribution in [2.75, 3.05) is 16.3 Å². The Morgan fingerprint density at radius 3 is 2.49 bits per heavy atom. The van der Waals surface area contributed by atoms with Crippen molar-refractivity contribution < 1.29 is 9.59 Å². The summed E-state index contributed by atoms with van der Waals surface area (Å²) < 4.78 is 1.06. The second-order valence-corrected chi connectivity index (χ2v) is 10.4. The molecule has 1 atom stereocenters. The van der Waals surface area contributed by atoms with Crippen LogP contribution < -0.4 is 9.80 Å². The lowest BCUT2D eigenvalue weighted by Crippen LogP contribution is -2.37. The van der Waals surface area contributed by atoms with Crippen LogP contribution in [0.15, 0.2) is 60.7 Å². The molecule has 0 saturated carbocycles. The van der Waals surface area contributed by atoms with Crippen molar-refractivity contribution in [3.05, 3.63) is 88.5 Å². The Kier molecular flexibility index (Phi) is 6.15. The third-order valence-corrected chi connectivity index (χ3v) is 8.14. The summed E-state index contributed by atoms with van der Waals surface area (Å²) in [5, 5.41) is 0.681. The minimum absolute atomic E-state index is 0.00696. The van der Waals surface area contributed by atoms with Gasteiger partial charge in [0.1, 0.15) is 0 Å². The maximum absolute atomic E-state index is 14.0. The number of anilines is 2. The summed E-state index contributed by atoms with van der Waals surface area (Å²) in [5.41, 5.74) is 7.39. The van der Waals surface area contributed by atoms with Crippen LogP contribution in [0.4, 0.5) is 10.8 Å². The fourth-order valence-electron chi connectivity index (χ4n) is 4.69. The fraction of sp³-hybridized carbons (Fsp3) is 0.276. The molecule has 0 bridgehead atoms. The van der Waals surface area contributed by atoms with Gasteiger partial charge in [-0.2, -0.15) is 0 Å². The lowest BCUT2D eigenvalue weighted by molar-refractivity contribution is -0.124. The molecule has 2 amide bonds. The number of aromatic nitrogens is 1. The number of hydrogen-bond donors (Lipinski definition) is 0. The molecule has 178 valence electrons. The van der Waals surface area contributed by atoms with Gasteiger partial charge >= 0.3 is 0 Å². The highest BCUT2D eigenvalue weighted by Gasteiger charge is 2.39. The van der Waals surface area contributed by atoms with E-state index in [0.29, 0.717) is 18.2 Å². The SMILES string of the molecule is Cc1cccc(N2C[C@H](C(=O)N(Cc3ccccc3)c3nc4c(C)c(C)ccc4s3)CC2=O)c1C. The number of fused-ring (bicyclic) bond motifs is 1. The number of thiazole rings is 1. The topological polar surface area (TPSA) is 53.5 Å². The number of hydrogen-bond acceptors (Lipinski definition) is 4. The normalized spacial score (nSPS) is 15.7. The molecule has 5 rings (SSSR count). The van der Waals surface area contributed by atoms with Crippen molar-refractivity contribution in [2.24, 2.45) is 5.92 Å². The van der Waals surface area contributed by atoms with Gasteiger partial charge < -0.3 is 4.90 Å². The van der Waals surface area contributed by atoms with Crippen LogP contribution >= 0.6 is 11.3 Å². The molecule has 0 radical (unpaired) electrons. The average Bonchev–Trinajstić information content (AvgIpc) is 3.46. The van der Waals surface area contributed by atoms with Crippen molar-refractivity contribution in [3.8, 4) is 0 Å². The van der Waals surface area contributed by atoms with Gasteiger partial charge in [-0.15, -0.1) is 0 Å². The predicted octanol–water partition coefficient (Wildman–Crippen LogP) is 6.12. The van der Waals surface area contributed by atoms with Crippen LogP contribution in [0.5, 0.6) is 0 Å². The molecular weight excluding hydrogens is 454 g/mol. The molecule has 2 heterocycles. The average molecular weight is 484 g/mol. The van der Waals surface area contributed by atoms with Crippen LogP contribution in [-0.2, 0) is 16.1 Å². The van der Waals surface area contributed by atoms with Crippen LogP contribution in [0.3, 0.4) is 0 Å². The van der Waals surface area contributed by atoms with E-state index in [1.807, 2.05) is 62.4 Å². The Hall–Kier alpha value is -3.51. The highest BCUT2D eigenvalue weighted by molar-refractivity contribution is 7.22. The zero-order valence-corrected chi connectivity index (χ0v) is 21.4. The smallest absolute Gasteiger partial charge is 0.234 e. The third kappa shape index (κ3) is 4.34. The second kappa shape index (κ2) is 9.27. The van der Waals surface area contributed by atoms with E-state index in [-0.39, 0.29) is 18.2 Å². The molecule has 35 heavy (non-hydrogen) atoms. The largest absolute Gasteiger partial charge is 0.311 e. The first-order chi connectivity index (χ1) is 16.8. The third-order valence-electron chi connectivity index (χ3n) is 7.10. The Labute approximate surface area is 210 Å². The Bertz CT molecular complexity index is 1430. The van der Waals surface area contributed by atoms with Crippen LogP contribution in [0.2, 0.25) is 0 Å². The number of carbonyl (C=O) groups excluding carboxylic acids is 2. The van der Waals surface area contributed by atoms with Gasteiger partial charge in [0.15, 0.2) is 5.13 Å². The lowest BCUT2D eigenvalue weighted by Gasteiger charge is -2.24. The number of amides is 2. The van der Waals surface area contributed by atoms with Crippen molar-refractivity contribution in [1.82, 2.24) is 4.98 Å². The Morgan fingerprint density at radius 1 is 0.971 bits per heavy atom. The first-order valence-electron chi connectivity index (χ1n) is 11.9. The van der Waals surface area contributed by atoms with E-state index in [1.54, 1.807) is 9.80 Å². The summed E-state index contributed by atoms with van der Waals surface area (Å²) >= 11 is 1.53. The van der Waals surface area contributed by atoms with Gasteiger partial charge in [-0.3, -0.25) is 14.5 Å². The molecule has 6 heteroatoms. The Balaban J connectivity index is 1.49. The van der Waals surface area contributed by atoms with Crippen molar-refractivity contribution in [3.63, 3.8) is 0 Å². The Morgan fingerprint density at radius 2 is 1.71 bits per heavy atom. The van der Waals surface area contributed by atoms with E-state index in [4.69, 9.17) is 4.98 Å². The monoisotopic (exact) mass is 483 g/mol. The highest BCUT2D eigenvalue weighted by atomic mass is 32.1. The maximum Gasteiger partial charge on any atom is 0.234 e. The van der Waals surface area contributed by atoms with Crippen molar-refractivity contribution in [1.29, 1.82) is 0 Å². The summed E-state index contributed by atoms with van der Waals surface area (Å²) in [7, 11) is 0. The van der Waals surface area contributed by atoms with E-state index in [2.05, 4.69) is 26.0 Å².